The van der Waals surface area contributed by atoms with Crippen LogP contribution in [0.5, 0.6) is 0 Å². The molecule has 0 aliphatic heterocycles. The Balaban J connectivity index is 0.000000297. The molecule has 0 saturated heterocycles. The molecular weight excluding hydrogens is 491 g/mol. The monoisotopic (exact) mass is 524 g/mol. The number of carbonyl (C=O) groups excluding carboxylic acids is 2. The van der Waals surface area contributed by atoms with Crippen molar-refractivity contribution in [1.82, 2.24) is 10.2 Å². The molecule has 6 heteroatoms. The normalized spacial score (nSPS) is 10.2. The van der Waals surface area contributed by atoms with Gasteiger partial charge in [0.1, 0.15) is 0 Å². The Bertz CT molecular complexity index is 1180. The largest absolute Gasteiger partial charge is 0.339 e. The van der Waals surface area contributed by atoms with E-state index in [2.05, 4.69) is 25.7 Å². The lowest BCUT2D eigenvalue weighted by molar-refractivity contribution is 0.0755. The van der Waals surface area contributed by atoms with Crippen molar-refractivity contribution in [2.24, 2.45) is 0 Å². The van der Waals surface area contributed by atoms with Gasteiger partial charge in [0.2, 0.25) is 0 Å². The molecule has 0 radical (unpaired) electrons. The highest BCUT2D eigenvalue weighted by Crippen LogP contribution is 2.28. The zero-order valence-electron chi connectivity index (χ0n) is 21.4. The molecule has 0 aromatic heterocycles. The standard InChI is InChI=1S/C19H21Cl2NO.C11H13NO/c1-3-11-22(12-4-2)19(23)15-7-5-14(6-8-15)16-9-10-17(20)18(21)13-16;1-8(2)12-11(13)10-7-5-4-6-9(10)3/h5-10,13H,3-4,11-12H2,1-2H3;4-7H,1H2,2-3H3,(H,12,13). The molecule has 0 fully saturated rings. The first kappa shape index (κ1) is 29.2. The molecule has 0 aliphatic carbocycles. The summed E-state index contributed by atoms with van der Waals surface area (Å²) in [5, 5.41) is 3.73. The Labute approximate surface area is 224 Å². The number of hydrogen-bond acceptors (Lipinski definition) is 2. The van der Waals surface area contributed by atoms with Crippen molar-refractivity contribution in [2.75, 3.05) is 13.1 Å². The number of rotatable bonds is 8. The molecule has 3 aromatic rings. The van der Waals surface area contributed by atoms with E-state index in [1.807, 2.05) is 66.4 Å². The van der Waals surface area contributed by atoms with Crippen LogP contribution in [0, 0.1) is 6.92 Å². The fourth-order valence-electron chi connectivity index (χ4n) is 3.61. The number of aryl methyl sites for hydroxylation is 1. The SMILES string of the molecule is C=C(C)NC(=O)c1ccccc1C.CCCN(CCC)C(=O)c1ccc(-c2ccc(Cl)c(Cl)c2)cc1. The van der Waals surface area contributed by atoms with E-state index in [-0.39, 0.29) is 11.8 Å². The Morgan fingerprint density at radius 1 is 0.861 bits per heavy atom. The zero-order chi connectivity index (χ0) is 26.7. The van der Waals surface area contributed by atoms with Crippen LogP contribution in [0.25, 0.3) is 11.1 Å². The minimum absolute atomic E-state index is 0.0920. The van der Waals surface area contributed by atoms with Crippen LogP contribution < -0.4 is 5.32 Å². The lowest BCUT2D eigenvalue weighted by Gasteiger charge is -2.21. The number of nitrogens with one attached hydrogen (secondary N) is 1. The summed E-state index contributed by atoms with van der Waals surface area (Å²) in [5.74, 6) is -0.0000106. The average Bonchev–Trinajstić information content (AvgIpc) is 2.85. The molecule has 0 heterocycles. The molecule has 0 spiro atoms. The van der Waals surface area contributed by atoms with Gasteiger partial charge in [-0.15, -0.1) is 0 Å². The van der Waals surface area contributed by atoms with Crippen molar-refractivity contribution in [3.8, 4) is 11.1 Å². The second-order valence-corrected chi connectivity index (χ2v) is 9.36. The van der Waals surface area contributed by atoms with Crippen LogP contribution >= 0.6 is 23.2 Å². The summed E-state index contributed by atoms with van der Waals surface area (Å²) < 4.78 is 0. The van der Waals surface area contributed by atoms with Crippen LogP contribution in [0.3, 0.4) is 0 Å². The topological polar surface area (TPSA) is 49.4 Å². The minimum atomic E-state index is -0.0920. The van der Waals surface area contributed by atoms with Crippen LogP contribution in [0.15, 0.2) is 79.0 Å². The maximum Gasteiger partial charge on any atom is 0.255 e. The fourth-order valence-corrected chi connectivity index (χ4v) is 3.91. The summed E-state index contributed by atoms with van der Waals surface area (Å²) in [6.07, 6.45) is 1.93. The molecule has 3 aromatic carbocycles. The number of carbonyl (C=O) groups is 2. The van der Waals surface area contributed by atoms with E-state index in [0.29, 0.717) is 21.3 Å². The van der Waals surface area contributed by atoms with Gasteiger partial charge in [-0.25, -0.2) is 0 Å². The quantitative estimate of drug-likeness (QED) is 0.322. The van der Waals surface area contributed by atoms with Crippen LogP contribution in [0.1, 0.15) is 59.9 Å². The third kappa shape index (κ3) is 8.54. The summed E-state index contributed by atoms with van der Waals surface area (Å²) in [6.45, 7) is 13.0. The van der Waals surface area contributed by atoms with Gasteiger partial charge < -0.3 is 10.2 Å². The number of amides is 2. The second kappa shape index (κ2) is 14.5. The van der Waals surface area contributed by atoms with E-state index in [1.54, 1.807) is 19.1 Å². The maximum absolute atomic E-state index is 12.6. The summed E-state index contributed by atoms with van der Waals surface area (Å²) in [6, 6.07) is 20.6. The van der Waals surface area contributed by atoms with Gasteiger partial charge in [0.05, 0.1) is 10.0 Å². The Morgan fingerprint density at radius 3 is 1.97 bits per heavy atom. The highest BCUT2D eigenvalue weighted by atomic mass is 35.5. The van der Waals surface area contributed by atoms with E-state index >= 15 is 0 Å². The molecular formula is C30H34Cl2N2O2. The molecule has 0 saturated carbocycles. The third-order valence-corrected chi connectivity index (χ3v) is 6.11. The molecule has 4 nitrogen and oxygen atoms in total. The van der Waals surface area contributed by atoms with Gasteiger partial charge in [-0.3, -0.25) is 9.59 Å². The maximum atomic E-state index is 12.6. The van der Waals surface area contributed by atoms with E-state index in [1.165, 1.54) is 0 Å². The lowest BCUT2D eigenvalue weighted by atomic mass is 10.0. The van der Waals surface area contributed by atoms with E-state index in [0.717, 1.165) is 48.2 Å². The van der Waals surface area contributed by atoms with Crippen LogP contribution in [0.4, 0.5) is 0 Å². The number of nitrogens with zero attached hydrogens (tertiary/aromatic N) is 1. The summed E-state index contributed by atoms with van der Waals surface area (Å²) in [7, 11) is 0. The van der Waals surface area contributed by atoms with Gasteiger partial charge in [0.25, 0.3) is 11.8 Å². The lowest BCUT2D eigenvalue weighted by Crippen LogP contribution is -2.32. The minimum Gasteiger partial charge on any atom is -0.339 e. The first-order valence-electron chi connectivity index (χ1n) is 12.0. The van der Waals surface area contributed by atoms with Crippen LogP contribution in [-0.4, -0.2) is 29.8 Å². The molecule has 2 amide bonds. The molecule has 0 unspecified atom stereocenters. The summed E-state index contributed by atoms with van der Waals surface area (Å²) in [4.78, 5) is 26.0. The van der Waals surface area contributed by atoms with Gasteiger partial charge in [-0.05, 0) is 73.7 Å². The van der Waals surface area contributed by atoms with E-state index in [9.17, 15) is 9.59 Å². The molecule has 3 rings (SSSR count). The molecule has 190 valence electrons. The van der Waals surface area contributed by atoms with Crippen molar-refractivity contribution in [2.45, 2.75) is 40.5 Å². The molecule has 0 bridgehead atoms. The summed E-state index contributed by atoms with van der Waals surface area (Å²) in [5.41, 5.74) is 5.05. The first-order chi connectivity index (χ1) is 17.2. The molecule has 1 N–H and O–H groups in total. The zero-order valence-corrected chi connectivity index (χ0v) is 22.9. The van der Waals surface area contributed by atoms with Crippen molar-refractivity contribution in [1.29, 1.82) is 0 Å². The third-order valence-electron chi connectivity index (χ3n) is 5.38. The highest BCUT2D eigenvalue weighted by Gasteiger charge is 2.14. The van der Waals surface area contributed by atoms with Crippen molar-refractivity contribution in [3.63, 3.8) is 0 Å². The second-order valence-electron chi connectivity index (χ2n) is 8.55. The van der Waals surface area contributed by atoms with Crippen molar-refractivity contribution in [3.05, 3.63) is 106 Å². The predicted molar refractivity (Wildman–Crippen MR) is 152 cm³/mol. The predicted octanol–water partition coefficient (Wildman–Crippen LogP) is 8.18. The first-order valence-corrected chi connectivity index (χ1v) is 12.8. The van der Waals surface area contributed by atoms with Crippen molar-refractivity contribution >= 4 is 35.0 Å². The average molecular weight is 526 g/mol. The highest BCUT2D eigenvalue weighted by molar-refractivity contribution is 6.42. The number of benzene rings is 3. The van der Waals surface area contributed by atoms with Gasteiger partial charge in [0, 0.05) is 29.9 Å². The van der Waals surface area contributed by atoms with E-state index < -0.39 is 0 Å². The van der Waals surface area contributed by atoms with Gasteiger partial charge in [-0.1, -0.05) is 80.0 Å². The van der Waals surface area contributed by atoms with Crippen molar-refractivity contribution < 1.29 is 9.59 Å². The van der Waals surface area contributed by atoms with Gasteiger partial charge in [-0.2, -0.15) is 0 Å². The number of hydrogen-bond donors (Lipinski definition) is 1. The molecule has 0 aliphatic rings. The Kier molecular flexibility index (Phi) is 11.7. The molecule has 0 atom stereocenters. The van der Waals surface area contributed by atoms with Crippen LogP contribution in [-0.2, 0) is 0 Å². The smallest absolute Gasteiger partial charge is 0.255 e. The van der Waals surface area contributed by atoms with Crippen LogP contribution in [0.2, 0.25) is 10.0 Å². The Morgan fingerprint density at radius 2 is 1.44 bits per heavy atom. The van der Waals surface area contributed by atoms with E-state index in [4.69, 9.17) is 23.2 Å². The van der Waals surface area contributed by atoms with Gasteiger partial charge >= 0.3 is 0 Å². The van der Waals surface area contributed by atoms with Gasteiger partial charge in [0.15, 0.2) is 0 Å². The number of allylic oxidation sites excluding steroid dienone is 1. The fraction of sp³-hybridized carbons (Fsp3) is 0.267. The molecule has 36 heavy (non-hydrogen) atoms. The Hall–Kier alpha value is -3.08. The number of halogens is 2. The summed E-state index contributed by atoms with van der Waals surface area (Å²) >= 11 is 12.0.